The van der Waals surface area contributed by atoms with Gasteiger partial charge in [-0.1, -0.05) is 29.3 Å². The molecule has 1 aromatic rings. The highest BCUT2D eigenvalue weighted by Gasteiger charge is 2.09. The summed E-state index contributed by atoms with van der Waals surface area (Å²) in [5.41, 5.74) is 3.82. The molecule has 1 N–H and O–H groups in total. The standard InChI is InChI=1S/C9H9Cl2N3.ClH/c10-7-2-1-3-8(11)9(7)13-14-5-4-12-6-14;/h1-3,6,13H,4-5H2;1H. The summed E-state index contributed by atoms with van der Waals surface area (Å²) in [6, 6.07) is 5.40. The average molecular weight is 267 g/mol. The second kappa shape index (κ2) is 5.45. The van der Waals surface area contributed by atoms with Crippen LogP contribution in [0.2, 0.25) is 10.0 Å². The van der Waals surface area contributed by atoms with E-state index in [1.807, 2.05) is 11.1 Å². The first-order valence-electron chi connectivity index (χ1n) is 4.24. The lowest BCUT2D eigenvalue weighted by atomic mass is 10.3. The van der Waals surface area contributed by atoms with Gasteiger partial charge in [0.25, 0.3) is 0 Å². The minimum atomic E-state index is 0. The molecular formula is C9H10Cl3N3. The van der Waals surface area contributed by atoms with Gasteiger partial charge in [-0.3, -0.25) is 15.4 Å². The molecule has 0 aromatic heterocycles. The first kappa shape index (κ1) is 12.4. The van der Waals surface area contributed by atoms with Crippen molar-refractivity contribution >= 4 is 47.6 Å². The molecule has 0 radical (unpaired) electrons. The molecule has 0 saturated carbocycles. The molecule has 82 valence electrons. The highest BCUT2D eigenvalue weighted by molar-refractivity contribution is 6.39. The lowest BCUT2D eigenvalue weighted by molar-refractivity contribution is 0.557. The van der Waals surface area contributed by atoms with Gasteiger partial charge in [0, 0.05) is 0 Å². The third kappa shape index (κ3) is 2.91. The highest BCUT2D eigenvalue weighted by atomic mass is 35.5. The van der Waals surface area contributed by atoms with Gasteiger partial charge < -0.3 is 0 Å². The number of aliphatic imine (C=N–C) groups is 1. The molecule has 0 fully saturated rings. The molecule has 2 rings (SSSR count). The number of hydrogen-bond donors (Lipinski definition) is 1. The van der Waals surface area contributed by atoms with Crippen molar-refractivity contribution in [3.05, 3.63) is 28.2 Å². The predicted molar refractivity (Wildman–Crippen MR) is 67.4 cm³/mol. The van der Waals surface area contributed by atoms with Gasteiger partial charge in [-0.05, 0) is 12.1 Å². The Hall–Kier alpha value is -0.640. The summed E-state index contributed by atoms with van der Waals surface area (Å²) >= 11 is 12.0. The molecule has 0 spiro atoms. The van der Waals surface area contributed by atoms with Crippen LogP contribution in [0.5, 0.6) is 0 Å². The second-order valence-electron chi connectivity index (χ2n) is 2.92. The van der Waals surface area contributed by atoms with Crippen molar-refractivity contribution in [3.63, 3.8) is 0 Å². The lowest BCUT2D eigenvalue weighted by Gasteiger charge is -2.18. The van der Waals surface area contributed by atoms with Crippen molar-refractivity contribution in [1.82, 2.24) is 5.01 Å². The Morgan fingerprint density at radius 2 is 1.93 bits per heavy atom. The molecule has 0 saturated heterocycles. The number of benzene rings is 1. The van der Waals surface area contributed by atoms with Crippen LogP contribution in [0.15, 0.2) is 23.2 Å². The van der Waals surface area contributed by atoms with Gasteiger partial charge in [0.15, 0.2) is 0 Å². The molecule has 0 aliphatic carbocycles. The van der Waals surface area contributed by atoms with E-state index in [2.05, 4.69) is 10.4 Å². The number of nitrogens with zero attached hydrogens (tertiary/aromatic N) is 2. The monoisotopic (exact) mass is 265 g/mol. The zero-order valence-electron chi connectivity index (χ0n) is 7.78. The summed E-state index contributed by atoms with van der Waals surface area (Å²) in [4.78, 5) is 4.07. The fourth-order valence-electron chi connectivity index (χ4n) is 1.21. The summed E-state index contributed by atoms with van der Waals surface area (Å²) in [6.07, 6.45) is 1.74. The summed E-state index contributed by atoms with van der Waals surface area (Å²) < 4.78 is 0. The zero-order chi connectivity index (χ0) is 9.97. The molecule has 1 aliphatic heterocycles. The van der Waals surface area contributed by atoms with E-state index in [1.54, 1.807) is 18.5 Å². The average Bonchev–Trinajstić information content (AvgIpc) is 2.64. The van der Waals surface area contributed by atoms with Crippen molar-refractivity contribution in [2.75, 3.05) is 18.5 Å². The van der Waals surface area contributed by atoms with Gasteiger partial charge >= 0.3 is 0 Å². The van der Waals surface area contributed by atoms with Crippen molar-refractivity contribution < 1.29 is 0 Å². The largest absolute Gasteiger partial charge is 0.294 e. The number of hydrogen-bond acceptors (Lipinski definition) is 3. The molecule has 15 heavy (non-hydrogen) atoms. The van der Waals surface area contributed by atoms with E-state index >= 15 is 0 Å². The van der Waals surface area contributed by atoms with Gasteiger partial charge in [0.05, 0.1) is 28.8 Å². The van der Waals surface area contributed by atoms with Crippen molar-refractivity contribution in [2.45, 2.75) is 0 Å². The van der Waals surface area contributed by atoms with E-state index in [0.29, 0.717) is 10.0 Å². The summed E-state index contributed by atoms with van der Waals surface area (Å²) in [5, 5.41) is 3.07. The fourth-order valence-corrected chi connectivity index (χ4v) is 1.69. The van der Waals surface area contributed by atoms with Gasteiger partial charge in [-0.2, -0.15) is 0 Å². The Balaban J connectivity index is 0.00000112. The summed E-state index contributed by atoms with van der Waals surface area (Å²) in [6.45, 7) is 1.64. The normalized spacial score (nSPS) is 13.9. The Morgan fingerprint density at radius 1 is 1.27 bits per heavy atom. The lowest BCUT2D eigenvalue weighted by Crippen LogP contribution is -2.26. The minimum absolute atomic E-state index is 0. The SMILES string of the molecule is Cl.Clc1cccc(Cl)c1NN1C=NCC1. The zero-order valence-corrected chi connectivity index (χ0v) is 10.1. The molecule has 0 amide bonds. The number of anilines is 1. The molecule has 3 nitrogen and oxygen atoms in total. The fraction of sp³-hybridized carbons (Fsp3) is 0.222. The maximum Gasteiger partial charge on any atom is 0.104 e. The van der Waals surface area contributed by atoms with Crippen LogP contribution in [0.25, 0.3) is 0 Å². The third-order valence-electron chi connectivity index (χ3n) is 1.91. The molecule has 1 aromatic carbocycles. The minimum Gasteiger partial charge on any atom is -0.294 e. The number of hydrazine groups is 1. The maximum atomic E-state index is 5.99. The maximum absolute atomic E-state index is 5.99. The van der Waals surface area contributed by atoms with Gasteiger partial charge in [0.1, 0.15) is 6.34 Å². The predicted octanol–water partition coefficient (Wildman–Crippen LogP) is 3.09. The number of nitrogens with one attached hydrogen (secondary N) is 1. The van der Waals surface area contributed by atoms with E-state index in [0.717, 1.165) is 18.8 Å². The van der Waals surface area contributed by atoms with E-state index in [4.69, 9.17) is 23.2 Å². The smallest absolute Gasteiger partial charge is 0.104 e. The molecule has 0 unspecified atom stereocenters. The molecule has 1 heterocycles. The Bertz CT molecular complexity index is 347. The van der Waals surface area contributed by atoms with Crippen LogP contribution in [-0.2, 0) is 0 Å². The molecular weight excluding hydrogens is 256 g/mol. The summed E-state index contributed by atoms with van der Waals surface area (Å²) in [7, 11) is 0. The first-order valence-corrected chi connectivity index (χ1v) is 5.00. The number of para-hydroxylation sites is 1. The van der Waals surface area contributed by atoms with E-state index < -0.39 is 0 Å². The van der Waals surface area contributed by atoms with Crippen LogP contribution in [0, 0.1) is 0 Å². The van der Waals surface area contributed by atoms with Crippen molar-refractivity contribution in [2.24, 2.45) is 4.99 Å². The Kier molecular flexibility index (Phi) is 4.51. The van der Waals surface area contributed by atoms with E-state index in [9.17, 15) is 0 Å². The Morgan fingerprint density at radius 3 is 2.47 bits per heavy atom. The van der Waals surface area contributed by atoms with E-state index in [-0.39, 0.29) is 12.4 Å². The van der Waals surface area contributed by atoms with Crippen LogP contribution >= 0.6 is 35.6 Å². The van der Waals surface area contributed by atoms with Crippen LogP contribution in [-0.4, -0.2) is 24.4 Å². The van der Waals surface area contributed by atoms with Crippen LogP contribution in [0.4, 0.5) is 5.69 Å². The third-order valence-corrected chi connectivity index (χ3v) is 2.54. The highest BCUT2D eigenvalue weighted by Crippen LogP contribution is 2.30. The van der Waals surface area contributed by atoms with Gasteiger partial charge in [0.2, 0.25) is 0 Å². The molecule has 1 aliphatic rings. The number of halogens is 3. The van der Waals surface area contributed by atoms with Gasteiger partial charge in [-0.25, -0.2) is 0 Å². The van der Waals surface area contributed by atoms with Crippen LogP contribution < -0.4 is 5.43 Å². The quantitative estimate of drug-likeness (QED) is 0.891. The first-order chi connectivity index (χ1) is 6.77. The molecule has 0 bridgehead atoms. The van der Waals surface area contributed by atoms with Crippen LogP contribution in [0.3, 0.4) is 0 Å². The summed E-state index contributed by atoms with van der Waals surface area (Å²) in [5.74, 6) is 0. The Labute approximate surface area is 104 Å². The van der Waals surface area contributed by atoms with Crippen molar-refractivity contribution in [1.29, 1.82) is 0 Å². The second-order valence-corrected chi connectivity index (χ2v) is 3.74. The van der Waals surface area contributed by atoms with Crippen LogP contribution in [0.1, 0.15) is 0 Å². The van der Waals surface area contributed by atoms with Crippen molar-refractivity contribution in [3.8, 4) is 0 Å². The topological polar surface area (TPSA) is 27.6 Å². The van der Waals surface area contributed by atoms with E-state index in [1.165, 1.54) is 0 Å². The van der Waals surface area contributed by atoms with Gasteiger partial charge in [-0.15, -0.1) is 12.4 Å². The molecule has 0 atom stereocenters. The number of rotatable bonds is 2. The molecule has 6 heteroatoms.